The summed E-state index contributed by atoms with van der Waals surface area (Å²) in [5, 5.41) is 0. The molecule has 0 unspecified atom stereocenters. The molecule has 0 fully saturated rings. The zero-order valence-corrected chi connectivity index (χ0v) is 10.2. The first-order valence-corrected chi connectivity index (χ1v) is 6.99. The van der Waals surface area contributed by atoms with Crippen LogP contribution in [0.5, 0.6) is 0 Å². The van der Waals surface area contributed by atoms with Crippen molar-refractivity contribution in [2.45, 2.75) is 9.79 Å². The van der Waals surface area contributed by atoms with Crippen LogP contribution in [0.1, 0.15) is 0 Å². The zero-order valence-electron chi connectivity index (χ0n) is 8.55. The molecule has 0 saturated heterocycles. The normalized spacial score (nSPS) is 11.1. The van der Waals surface area contributed by atoms with E-state index in [0.29, 0.717) is 0 Å². The molecule has 0 aliphatic heterocycles. The second-order valence-electron chi connectivity index (χ2n) is 2.76. The van der Waals surface area contributed by atoms with Crippen molar-refractivity contribution >= 4 is 20.0 Å². The summed E-state index contributed by atoms with van der Waals surface area (Å²) >= 11 is 0. The van der Waals surface area contributed by atoms with Gasteiger partial charge in [-0.15, -0.1) is 0 Å². The van der Waals surface area contributed by atoms with Crippen molar-refractivity contribution in [2.75, 3.05) is 0 Å². The number of benzene rings is 1. The maximum Gasteiger partial charge on any atom is 0.357 e. The van der Waals surface area contributed by atoms with Gasteiger partial charge in [0.05, 0.1) is 0 Å². The van der Waals surface area contributed by atoms with E-state index in [4.69, 9.17) is 11.1 Å². The predicted octanol–water partition coefficient (Wildman–Crippen LogP) is 0.165. The van der Waals surface area contributed by atoms with Gasteiger partial charge in [0.15, 0.2) is 0 Å². The lowest BCUT2D eigenvalue weighted by Crippen LogP contribution is -2.06. The van der Waals surface area contributed by atoms with Crippen LogP contribution in [0.15, 0.2) is 43.1 Å². The summed E-state index contributed by atoms with van der Waals surface area (Å²) in [6.45, 7) is 0. The topological polar surface area (TPSA) is 169 Å². The van der Waals surface area contributed by atoms with Crippen LogP contribution in [0, 0.1) is 11.1 Å². The van der Waals surface area contributed by atoms with E-state index in [9.17, 15) is 16.8 Å². The molecule has 18 heavy (non-hydrogen) atoms. The Hall–Kier alpha value is -2.26. The fraction of sp³-hybridized carbons (Fsp3) is 0. The highest BCUT2D eigenvalue weighted by atomic mass is 32.2. The van der Waals surface area contributed by atoms with Crippen molar-refractivity contribution in [3.63, 3.8) is 0 Å². The van der Waals surface area contributed by atoms with Crippen LogP contribution in [0.25, 0.3) is 0 Å². The first-order valence-electron chi connectivity index (χ1n) is 4.11. The molecule has 0 aromatic heterocycles. The smallest absolute Gasteiger partial charge is 0.193 e. The van der Waals surface area contributed by atoms with E-state index < -0.39 is 29.8 Å². The van der Waals surface area contributed by atoms with Crippen LogP contribution in [0.2, 0.25) is 0 Å². The summed E-state index contributed by atoms with van der Waals surface area (Å²) in [7, 11) is -8.83. The molecule has 1 rings (SSSR count). The van der Waals surface area contributed by atoms with Crippen molar-refractivity contribution in [2.24, 2.45) is 9.04 Å². The Balaban J connectivity index is 3.72. The van der Waals surface area contributed by atoms with Gasteiger partial charge in [-0.3, -0.25) is 0 Å². The highest BCUT2D eigenvalue weighted by molar-refractivity contribution is 7.93. The van der Waals surface area contributed by atoms with Crippen LogP contribution >= 0.6 is 0 Å². The maximum absolute atomic E-state index is 11.5. The van der Waals surface area contributed by atoms with E-state index in [0.717, 1.165) is 12.1 Å². The lowest BCUT2D eigenvalue weighted by molar-refractivity contribution is 0.580. The molecule has 0 radical (unpaired) electrons. The summed E-state index contributed by atoms with van der Waals surface area (Å²) in [4.78, 5) is 3.33. The Morgan fingerprint density at radius 2 is 1.17 bits per heavy atom. The Labute approximate surface area is 101 Å². The number of hydrogen-bond acceptors (Lipinski definition) is 6. The maximum atomic E-state index is 11.5. The van der Waals surface area contributed by atoms with Gasteiger partial charge in [0.2, 0.25) is 9.82 Å². The van der Waals surface area contributed by atoms with E-state index in [2.05, 4.69) is 18.9 Å². The Kier molecular flexibility index (Phi) is 3.79. The third kappa shape index (κ3) is 2.70. The molecular formula is C6H6N6O4S2+2. The van der Waals surface area contributed by atoms with E-state index in [1.807, 2.05) is 0 Å². The third-order valence-corrected chi connectivity index (χ3v) is 4.25. The first-order chi connectivity index (χ1) is 8.35. The van der Waals surface area contributed by atoms with Crippen molar-refractivity contribution < 1.29 is 16.8 Å². The summed E-state index contributed by atoms with van der Waals surface area (Å²) in [6, 6.07) is 4.47. The minimum Gasteiger partial charge on any atom is -0.193 e. The summed E-state index contributed by atoms with van der Waals surface area (Å²) in [5.74, 6) is 0. The quantitative estimate of drug-likeness (QED) is 0.595. The average molecular weight is 290 g/mol. The highest BCUT2D eigenvalue weighted by Crippen LogP contribution is 2.23. The molecule has 0 atom stereocenters. The molecule has 0 amide bonds. The summed E-state index contributed by atoms with van der Waals surface area (Å²) in [5.41, 5.74) is 12.7. The second kappa shape index (κ2) is 4.94. The Morgan fingerprint density at radius 1 is 0.833 bits per heavy atom. The second-order valence-corrected chi connectivity index (χ2v) is 5.87. The van der Waals surface area contributed by atoms with Crippen molar-refractivity contribution in [1.29, 1.82) is 11.1 Å². The van der Waals surface area contributed by atoms with Gasteiger partial charge in [0.1, 0.15) is 20.9 Å². The van der Waals surface area contributed by atoms with Crippen LogP contribution in [-0.2, 0) is 20.0 Å². The fourth-order valence-electron chi connectivity index (χ4n) is 1.07. The predicted molar refractivity (Wildman–Crippen MR) is 55.4 cm³/mol. The number of nitrogens with zero attached hydrogens (tertiary/aromatic N) is 4. The number of nitrogens with one attached hydrogen (secondary N) is 2. The molecule has 1 aromatic carbocycles. The largest absolute Gasteiger partial charge is 0.357 e. The molecule has 0 heterocycles. The number of sulfonamides is 2. The molecule has 10 nitrogen and oxygen atoms in total. The van der Waals surface area contributed by atoms with E-state index in [-0.39, 0.29) is 0 Å². The van der Waals surface area contributed by atoms with Gasteiger partial charge in [0, 0.05) is 0 Å². The standard InChI is InChI=1S/C6H6N6O4S2/c7-9-11-17(13,14)5-3-1-2-4-6(5)18(15,16)12-10-8/h1-4,7-8H/q+2. The molecule has 12 heteroatoms. The monoisotopic (exact) mass is 290 g/mol. The van der Waals surface area contributed by atoms with Crippen molar-refractivity contribution in [3.8, 4) is 0 Å². The van der Waals surface area contributed by atoms with Crippen molar-refractivity contribution in [1.82, 2.24) is 9.82 Å². The van der Waals surface area contributed by atoms with Crippen LogP contribution in [0.4, 0.5) is 0 Å². The molecule has 0 spiro atoms. The zero-order chi connectivity index (χ0) is 13.8. The van der Waals surface area contributed by atoms with Crippen LogP contribution in [0.3, 0.4) is 0 Å². The van der Waals surface area contributed by atoms with Gasteiger partial charge >= 0.3 is 20.0 Å². The molecule has 2 N–H and O–H groups in total. The van der Waals surface area contributed by atoms with Gasteiger partial charge in [-0.1, -0.05) is 12.1 Å². The van der Waals surface area contributed by atoms with E-state index in [1.165, 1.54) is 12.1 Å². The summed E-state index contributed by atoms with van der Waals surface area (Å²) in [6.07, 6.45) is 0. The molecule has 0 aliphatic carbocycles. The third-order valence-electron chi connectivity index (χ3n) is 1.70. The van der Waals surface area contributed by atoms with Crippen LogP contribution < -0.4 is 9.82 Å². The Bertz CT molecular complexity index is 703. The molecule has 0 saturated carbocycles. The SMILES string of the molecule is N=[N+]=NS(=O)(=O)c1ccccc1S(=O)(=O)N=[N+]=N. The first kappa shape index (κ1) is 13.8. The number of rotatable bonds is 4. The minimum absolute atomic E-state index is 0.687. The lowest BCUT2D eigenvalue weighted by atomic mass is 10.4. The lowest BCUT2D eigenvalue weighted by Gasteiger charge is -1.98. The highest BCUT2D eigenvalue weighted by Gasteiger charge is 2.31. The molecule has 94 valence electrons. The van der Waals surface area contributed by atoms with Crippen LogP contribution in [-0.4, -0.2) is 16.8 Å². The molecule has 0 bridgehead atoms. The van der Waals surface area contributed by atoms with Gasteiger partial charge in [-0.2, -0.15) is 16.8 Å². The average Bonchev–Trinajstić information content (AvgIpc) is 2.29. The van der Waals surface area contributed by atoms with Crippen molar-refractivity contribution in [3.05, 3.63) is 24.3 Å². The van der Waals surface area contributed by atoms with Gasteiger partial charge < -0.3 is 0 Å². The molecular weight excluding hydrogens is 284 g/mol. The van der Waals surface area contributed by atoms with Gasteiger partial charge in [0.25, 0.3) is 9.04 Å². The van der Waals surface area contributed by atoms with Gasteiger partial charge in [-0.05, 0) is 12.1 Å². The molecule has 0 aliphatic rings. The fourth-order valence-corrected chi connectivity index (χ4v) is 3.24. The number of hydrogen-bond donors (Lipinski definition) is 2. The van der Waals surface area contributed by atoms with E-state index in [1.54, 1.807) is 0 Å². The van der Waals surface area contributed by atoms with Gasteiger partial charge in [-0.25, -0.2) is 0 Å². The molecule has 1 aromatic rings. The minimum atomic E-state index is -4.41. The summed E-state index contributed by atoms with van der Waals surface area (Å²) < 4.78 is 51.4. The van der Waals surface area contributed by atoms with E-state index >= 15 is 0 Å². The Morgan fingerprint density at radius 3 is 1.44 bits per heavy atom.